The maximum Gasteiger partial charge on any atom is 0.409 e. The number of alkyl halides is 3. The summed E-state index contributed by atoms with van der Waals surface area (Å²) in [7, 11) is -3.47. The van der Waals surface area contributed by atoms with E-state index in [-0.39, 0.29) is 23.2 Å². The number of hydrogen-bond acceptors (Lipinski definition) is 7. The van der Waals surface area contributed by atoms with Crippen LogP contribution < -0.4 is 10.4 Å². The van der Waals surface area contributed by atoms with Crippen LogP contribution in [0, 0.1) is 0 Å². The van der Waals surface area contributed by atoms with E-state index in [1.165, 1.54) is 12.1 Å². The van der Waals surface area contributed by atoms with Crippen molar-refractivity contribution in [3.05, 3.63) is 60.4 Å². The first-order chi connectivity index (χ1) is 12.6. The molecule has 1 aliphatic heterocycles. The number of ether oxygens (including phenoxy) is 1. The summed E-state index contributed by atoms with van der Waals surface area (Å²) < 4.78 is 67.8. The molecule has 1 unspecified atom stereocenters. The molecule has 0 bridgehead atoms. The lowest BCUT2D eigenvalue weighted by molar-refractivity contribution is -0.142. The molecule has 7 nitrogen and oxygen atoms in total. The molecule has 1 aliphatic rings. The highest BCUT2D eigenvalue weighted by Crippen LogP contribution is 2.30. The van der Waals surface area contributed by atoms with Gasteiger partial charge in [-0.15, -0.1) is 0 Å². The number of hydrogen-bond donors (Lipinski definition) is 1. The number of halogens is 3. The largest absolute Gasteiger partial charge is 0.472 e. The minimum atomic E-state index is -4.54. The summed E-state index contributed by atoms with van der Waals surface area (Å²) in [6.45, 7) is -0.0448. The zero-order valence-corrected chi connectivity index (χ0v) is 14.8. The van der Waals surface area contributed by atoms with Crippen LogP contribution in [-0.4, -0.2) is 36.9 Å². The Balaban J connectivity index is 1.84. The van der Waals surface area contributed by atoms with Gasteiger partial charge in [-0.2, -0.15) is 13.2 Å². The van der Waals surface area contributed by atoms with Gasteiger partial charge in [0, 0.05) is 24.7 Å². The maximum absolute atomic E-state index is 13.1. The molecule has 0 amide bonds. The van der Waals surface area contributed by atoms with Gasteiger partial charge in [-0.05, 0) is 24.3 Å². The lowest BCUT2D eigenvalue weighted by Gasteiger charge is -2.23. The van der Waals surface area contributed by atoms with Crippen LogP contribution in [0.3, 0.4) is 0 Å². The van der Waals surface area contributed by atoms with Crippen molar-refractivity contribution in [3.63, 3.8) is 0 Å². The minimum absolute atomic E-state index is 0.0437. The van der Waals surface area contributed by atoms with Crippen molar-refractivity contribution < 1.29 is 26.3 Å². The molecular formula is C16H15F3N4O3S. The second-order valence-electron chi connectivity index (χ2n) is 5.72. The maximum atomic E-state index is 13.1. The normalized spacial score (nSPS) is 17.7. The third-order valence-electron chi connectivity index (χ3n) is 3.62. The average molecular weight is 400 g/mol. The number of nitrogens with zero attached hydrogens (tertiary/aromatic N) is 3. The third-order valence-corrected chi connectivity index (χ3v) is 4.72. The Kier molecular flexibility index (Phi) is 5.07. The van der Waals surface area contributed by atoms with E-state index in [2.05, 4.69) is 15.4 Å². The van der Waals surface area contributed by atoms with Crippen molar-refractivity contribution in [2.24, 2.45) is 0 Å². The molecule has 3 heterocycles. The summed E-state index contributed by atoms with van der Waals surface area (Å²) in [5, 5.41) is 1.02. The van der Waals surface area contributed by atoms with E-state index in [0.29, 0.717) is 5.69 Å². The molecule has 11 heteroatoms. The zero-order chi connectivity index (χ0) is 19.7. The van der Waals surface area contributed by atoms with Crippen LogP contribution in [-0.2, 0) is 21.2 Å². The fourth-order valence-corrected chi connectivity index (χ4v) is 2.83. The lowest BCUT2D eigenvalue weighted by Crippen LogP contribution is -2.45. The van der Waals surface area contributed by atoms with Crippen molar-refractivity contribution in [2.45, 2.75) is 23.7 Å². The molecule has 27 heavy (non-hydrogen) atoms. The molecule has 0 radical (unpaired) electrons. The molecule has 2 aromatic rings. The molecule has 2 aromatic heterocycles. The summed E-state index contributed by atoms with van der Waals surface area (Å²) >= 11 is 0. The molecule has 0 saturated carbocycles. The Morgan fingerprint density at radius 3 is 2.56 bits per heavy atom. The molecule has 1 atom stereocenters. The highest BCUT2D eigenvalue weighted by atomic mass is 32.2. The minimum Gasteiger partial charge on any atom is -0.472 e. The summed E-state index contributed by atoms with van der Waals surface area (Å²) in [6.07, 6.45) is -0.0275. The number of rotatable bonds is 5. The van der Waals surface area contributed by atoms with Crippen molar-refractivity contribution in [3.8, 4) is 0 Å². The predicted octanol–water partition coefficient (Wildman–Crippen LogP) is 2.19. The summed E-state index contributed by atoms with van der Waals surface area (Å²) in [5.41, 5.74) is 2.79. The van der Waals surface area contributed by atoms with E-state index in [9.17, 15) is 21.6 Å². The number of nitrogens with one attached hydrogen (secondary N) is 1. The standard InChI is InChI=1S/C16H15F3N4O3S/c1-27(24,25)12-5-6-14(21-9-12)23-15(8-13(22-23)16(17,18)19)26-10-11-4-2-3-7-20-11/h2-9,13,22H,10H2,1H3. The first kappa shape index (κ1) is 19.1. The number of aromatic nitrogens is 2. The molecule has 0 aliphatic carbocycles. The second kappa shape index (κ2) is 7.16. The van der Waals surface area contributed by atoms with E-state index in [4.69, 9.17) is 4.74 Å². The summed E-state index contributed by atoms with van der Waals surface area (Å²) in [5.74, 6) is -0.0518. The SMILES string of the molecule is CS(=O)(=O)c1ccc(N2NC(C(F)(F)F)C=C2OCc2ccccn2)nc1. The van der Waals surface area contributed by atoms with Crippen LogP contribution in [0.25, 0.3) is 0 Å². The van der Waals surface area contributed by atoms with E-state index in [1.807, 2.05) is 0 Å². The molecular weight excluding hydrogens is 385 g/mol. The van der Waals surface area contributed by atoms with Gasteiger partial charge in [0.1, 0.15) is 18.5 Å². The first-order valence-electron chi connectivity index (χ1n) is 7.68. The average Bonchev–Trinajstić information content (AvgIpc) is 3.05. The van der Waals surface area contributed by atoms with Crippen LogP contribution in [0.4, 0.5) is 19.0 Å². The fourth-order valence-electron chi connectivity index (χ4n) is 2.27. The number of anilines is 1. The Bertz CT molecular complexity index is 932. The summed E-state index contributed by atoms with van der Waals surface area (Å²) in [6, 6.07) is 5.70. The van der Waals surface area contributed by atoms with Gasteiger partial charge in [0.05, 0.1) is 10.6 Å². The van der Waals surface area contributed by atoms with Gasteiger partial charge in [-0.25, -0.2) is 23.8 Å². The molecule has 0 spiro atoms. The number of sulfone groups is 1. The van der Waals surface area contributed by atoms with Gasteiger partial charge in [-0.3, -0.25) is 4.98 Å². The van der Waals surface area contributed by atoms with Crippen molar-refractivity contribution in [1.29, 1.82) is 0 Å². The zero-order valence-electron chi connectivity index (χ0n) is 14.0. The molecule has 3 rings (SSSR count). The number of hydrazine groups is 1. The monoisotopic (exact) mass is 400 g/mol. The van der Waals surface area contributed by atoms with Crippen molar-refractivity contribution in [2.75, 3.05) is 11.3 Å². The summed E-state index contributed by atoms with van der Waals surface area (Å²) in [4.78, 5) is 7.93. The fraction of sp³-hybridized carbons (Fsp3) is 0.250. The predicted molar refractivity (Wildman–Crippen MR) is 89.9 cm³/mol. The Labute approximate surface area is 153 Å². The number of pyridine rings is 2. The third kappa shape index (κ3) is 4.55. The molecule has 0 fully saturated rings. The van der Waals surface area contributed by atoms with Crippen LogP contribution in [0.15, 0.2) is 59.6 Å². The smallest absolute Gasteiger partial charge is 0.409 e. The Morgan fingerprint density at radius 2 is 2.00 bits per heavy atom. The van der Waals surface area contributed by atoms with Crippen molar-refractivity contribution >= 4 is 15.7 Å². The van der Waals surface area contributed by atoms with Crippen molar-refractivity contribution in [1.82, 2.24) is 15.4 Å². The Hall–Kier alpha value is -2.66. The first-order valence-corrected chi connectivity index (χ1v) is 9.57. The van der Waals surface area contributed by atoms with Gasteiger partial charge in [0.15, 0.2) is 9.84 Å². The van der Waals surface area contributed by atoms with Gasteiger partial charge in [0.25, 0.3) is 0 Å². The highest BCUT2D eigenvalue weighted by molar-refractivity contribution is 7.90. The highest BCUT2D eigenvalue weighted by Gasteiger charge is 2.44. The van der Waals surface area contributed by atoms with Gasteiger partial charge >= 0.3 is 6.18 Å². The van der Waals surface area contributed by atoms with E-state index >= 15 is 0 Å². The quantitative estimate of drug-likeness (QED) is 0.824. The van der Waals surface area contributed by atoms with Crippen LogP contribution in [0.2, 0.25) is 0 Å². The topological polar surface area (TPSA) is 84.4 Å². The van der Waals surface area contributed by atoms with E-state index < -0.39 is 22.1 Å². The Morgan fingerprint density at radius 1 is 1.22 bits per heavy atom. The molecule has 1 N–H and O–H groups in total. The molecule has 0 aromatic carbocycles. The van der Waals surface area contributed by atoms with Gasteiger partial charge in [0.2, 0.25) is 5.88 Å². The van der Waals surface area contributed by atoms with Gasteiger partial charge < -0.3 is 4.74 Å². The van der Waals surface area contributed by atoms with E-state index in [1.54, 1.807) is 24.4 Å². The van der Waals surface area contributed by atoms with Crippen LogP contribution in [0.5, 0.6) is 0 Å². The van der Waals surface area contributed by atoms with Gasteiger partial charge in [-0.1, -0.05) is 6.07 Å². The molecule has 0 saturated heterocycles. The van der Waals surface area contributed by atoms with Crippen LogP contribution in [0.1, 0.15) is 5.69 Å². The second-order valence-corrected chi connectivity index (χ2v) is 7.74. The van der Waals surface area contributed by atoms with E-state index in [0.717, 1.165) is 23.5 Å². The molecule has 144 valence electrons. The lowest BCUT2D eigenvalue weighted by atomic mass is 10.3. The van der Waals surface area contributed by atoms with Crippen LogP contribution >= 0.6 is 0 Å².